The highest BCUT2D eigenvalue weighted by Crippen LogP contribution is 2.43. The molecular weight excluding hydrogens is 484 g/mol. The van der Waals surface area contributed by atoms with Crippen molar-refractivity contribution >= 4 is 34.5 Å². The van der Waals surface area contributed by atoms with Crippen molar-refractivity contribution in [3.8, 4) is 11.5 Å². The molecule has 5 heterocycles. The Bertz CT molecular complexity index is 1350. The fourth-order valence-corrected chi connectivity index (χ4v) is 6.37. The van der Waals surface area contributed by atoms with Crippen LogP contribution in [0, 0.1) is 0 Å². The molecule has 1 saturated heterocycles. The number of nitrogens with one attached hydrogen (secondary N) is 2. The number of urea groups is 1. The summed E-state index contributed by atoms with van der Waals surface area (Å²) in [5, 5.41) is 15.2. The van der Waals surface area contributed by atoms with Crippen LogP contribution < -0.4 is 15.5 Å². The van der Waals surface area contributed by atoms with E-state index in [1.54, 1.807) is 12.1 Å². The van der Waals surface area contributed by atoms with Crippen molar-refractivity contribution in [1.29, 1.82) is 0 Å². The van der Waals surface area contributed by atoms with E-state index in [0.717, 1.165) is 41.0 Å². The lowest BCUT2D eigenvalue weighted by atomic mass is 9.93. The van der Waals surface area contributed by atoms with E-state index in [-0.39, 0.29) is 30.1 Å². The van der Waals surface area contributed by atoms with Crippen molar-refractivity contribution in [2.45, 2.75) is 50.2 Å². The van der Waals surface area contributed by atoms with Gasteiger partial charge in [0.1, 0.15) is 0 Å². The van der Waals surface area contributed by atoms with E-state index in [0.29, 0.717) is 55.3 Å². The van der Waals surface area contributed by atoms with Crippen molar-refractivity contribution in [1.82, 2.24) is 20.5 Å². The highest BCUT2D eigenvalue weighted by molar-refractivity contribution is 7.16. The molecule has 3 aromatic rings. The third kappa shape index (κ3) is 3.63. The third-order valence-corrected chi connectivity index (χ3v) is 8.40. The number of nitrogens with zero attached hydrogens (tertiary/aromatic N) is 4. The molecule has 2 N–H and O–H groups in total. The number of benzene rings is 1. The van der Waals surface area contributed by atoms with Crippen LogP contribution >= 0.6 is 11.3 Å². The molecule has 0 spiro atoms. The van der Waals surface area contributed by atoms with Gasteiger partial charge in [-0.2, -0.15) is 0 Å². The Morgan fingerprint density at radius 2 is 2.06 bits per heavy atom. The number of anilines is 2. The van der Waals surface area contributed by atoms with Crippen molar-refractivity contribution in [2.24, 2.45) is 0 Å². The Morgan fingerprint density at radius 1 is 1.17 bits per heavy atom. The number of amides is 2. The van der Waals surface area contributed by atoms with E-state index in [4.69, 9.17) is 18.9 Å². The van der Waals surface area contributed by atoms with Gasteiger partial charge in [-0.25, -0.2) is 14.6 Å². The summed E-state index contributed by atoms with van der Waals surface area (Å²) >= 11 is 1.46. The fourth-order valence-electron chi connectivity index (χ4n) is 5.30. The molecule has 4 aliphatic rings. The Labute approximate surface area is 210 Å². The number of thiazole rings is 1. The van der Waals surface area contributed by atoms with Crippen LogP contribution in [-0.2, 0) is 22.3 Å². The van der Waals surface area contributed by atoms with Gasteiger partial charge >= 0.3 is 18.0 Å². The first kappa shape index (κ1) is 21.7. The lowest BCUT2D eigenvalue weighted by Gasteiger charge is -2.43. The van der Waals surface area contributed by atoms with Crippen LogP contribution in [0.3, 0.4) is 0 Å². The summed E-state index contributed by atoms with van der Waals surface area (Å²) in [5.74, 6) is 0.0460. The molecule has 1 aliphatic carbocycles. The third-order valence-electron chi connectivity index (χ3n) is 7.28. The number of rotatable bonds is 4. The van der Waals surface area contributed by atoms with Gasteiger partial charge in [-0.05, 0) is 37.0 Å². The SMILES string of the molecule is O=C(Nc1nc2c(s1)[C@@H]1COC[C@H](C2)N1c1nnc(-c2cccc3c2CCOC3=O)o1)NC1CCC1. The van der Waals surface area contributed by atoms with Crippen molar-refractivity contribution in [3.63, 3.8) is 0 Å². The second kappa shape index (κ2) is 8.56. The molecule has 11 nitrogen and oxygen atoms in total. The van der Waals surface area contributed by atoms with Crippen LogP contribution in [0.15, 0.2) is 22.6 Å². The van der Waals surface area contributed by atoms with E-state index >= 15 is 0 Å². The van der Waals surface area contributed by atoms with Gasteiger partial charge in [-0.3, -0.25) is 5.32 Å². The molecule has 2 atom stereocenters. The maximum atomic E-state index is 12.3. The number of aromatic nitrogens is 3. The molecule has 1 aromatic carbocycles. The van der Waals surface area contributed by atoms with Crippen LogP contribution in [0.4, 0.5) is 15.9 Å². The number of hydrogen-bond donors (Lipinski definition) is 2. The number of hydrogen-bond acceptors (Lipinski definition) is 10. The molecule has 2 aromatic heterocycles. The molecule has 3 aliphatic heterocycles. The second-order valence-electron chi connectivity index (χ2n) is 9.48. The first-order valence-electron chi connectivity index (χ1n) is 12.2. The lowest BCUT2D eigenvalue weighted by Crippen LogP contribution is -2.51. The summed E-state index contributed by atoms with van der Waals surface area (Å²) in [6, 6.07) is 5.76. The monoisotopic (exact) mass is 508 g/mol. The van der Waals surface area contributed by atoms with Crippen molar-refractivity contribution < 1.29 is 23.5 Å². The summed E-state index contributed by atoms with van der Waals surface area (Å²) in [4.78, 5) is 32.4. The summed E-state index contributed by atoms with van der Waals surface area (Å²) in [6.45, 7) is 1.31. The molecule has 1 saturated carbocycles. The number of carbonyl (C=O) groups is 2. The fraction of sp³-hybridized carbons (Fsp3) is 0.458. The average Bonchev–Trinajstić information content (AvgIpc) is 3.48. The Balaban J connectivity index is 1.16. The van der Waals surface area contributed by atoms with Gasteiger partial charge in [0.2, 0.25) is 5.89 Å². The zero-order valence-corrected chi connectivity index (χ0v) is 20.2. The normalized spacial score (nSPS) is 22.8. The van der Waals surface area contributed by atoms with Crippen LogP contribution in [0.5, 0.6) is 0 Å². The van der Waals surface area contributed by atoms with Crippen molar-refractivity contribution in [3.05, 3.63) is 39.9 Å². The molecule has 186 valence electrons. The number of cyclic esters (lactones) is 1. The van der Waals surface area contributed by atoms with E-state index in [1.807, 2.05) is 6.07 Å². The van der Waals surface area contributed by atoms with Gasteiger partial charge in [0.25, 0.3) is 0 Å². The summed E-state index contributed by atoms with van der Waals surface area (Å²) in [6.07, 6.45) is 4.47. The first-order chi connectivity index (χ1) is 17.6. The van der Waals surface area contributed by atoms with Gasteiger partial charge in [-0.1, -0.05) is 22.5 Å². The molecule has 7 rings (SSSR count). The maximum absolute atomic E-state index is 12.3. The Morgan fingerprint density at radius 3 is 2.92 bits per heavy atom. The summed E-state index contributed by atoms with van der Waals surface area (Å²) in [5.41, 5.74) is 3.14. The summed E-state index contributed by atoms with van der Waals surface area (Å²) in [7, 11) is 0. The van der Waals surface area contributed by atoms with E-state index in [1.165, 1.54) is 11.3 Å². The van der Waals surface area contributed by atoms with Gasteiger partial charge in [0.15, 0.2) is 5.13 Å². The number of esters is 1. The Kier molecular flexibility index (Phi) is 5.17. The molecule has 0 unspecified atom stereocenters. The van der Waals surface area contributed by atoms with Crippen LogP contribution in [0.1, 0.15) is 51.8 Å². The molecule has 36 heavy (non-hydrogen) atoms. The second-order valence-corrected chi connectivity index (χ2v) is 10.5. The largest absolute Gasteiger partial charge is 0.462 e. The highest BCUT2D eigenvalue weighted by Gasteiger charge is 2.43. The molecule has 2 bridgehead atoms. The van der Waals surface area contributed by atoms with Crippen LogP contribution in [-0.4, -0.2) is 59.1 Å². The van der Waals surface area contributed by atoms with Crippen LogP contribution in [0.2, 0.25) is 0 Å². The minimum absolute atomic E-state index is 0.0111. The molecular formula is C24H24N6O5S. The highest BCUT2D eigenvalue weighted by atomic mass is 32.1. The lowest BCUT2D eigenvalue weighted by molar-refractivity contribution is 0.0480. The topological polar surface area (TPSA) is 132 Å². The standard InChI is InChI=1S/C24H24N6O5S/c31-21-16-6-2-5-15(14(16)7-8-34-21)20-28-29-24(35-20)30-13-9-17-19(18(30)11-33-10-13)36-23(26-17)27-22(32)25-12-3-1-4-12/h2,5-6,12-13,18H,1,3-4,7-11H2,(H2,25,26,27,32)/t13-,18-/m0/s1. The van der Waals surface area contributed by atoms with Crippen molar-refractivity contribution in [2.75, 3.05) is 30.0 Å². The quantitative estimate of drug-likeness (QED) is 0.510. The Hall–Kier alpha value is -3.51. The molecule has 2 amide bonds. The predicted octanol–water partition coefficient (Wildman–Crippen LogP) is 3.08. The van der Waals surface area contributed by atoms with Gasteiger partial charge in [0, 0.05) is 24.4 Å². The van der Waals surface area contributed by atoms with E-state index in [9.17, 15) is 9.59 Å². The smallest absolute Gasteiger partial charge is 0.338 e. The van der Waals surface area contributed by atoms with Gasteiger partial charge in [0.05, 0.1) is 48.0 Å². The summed E-state index contributed by atoms with van der Waals surface area (Å²) < 4.78 is 17.3. The zero-order chi connectivity index (χ0) is 24.2. The average molecular weight is 509 g/mol. The van der Waals surface area contributed by atoms with Crippen LogP contribution in [0.25, 0.3) is 11.5 Å². The van der Waals surface area contributed by atoms with E-state index in [2.05, 4.69) is 25.7 Å². The number of carbonyl (C=O) groups excluding carboxylic acids is 2. The minimum atomic E-state index is -0.330. The number of fused-ring (bicyclic) bond motifs is 5. The molecule has 2 fully saturated rings. The number of morpholine rings is 1. The molecule has 12 heteroatoms. The predicted molar refractivity (Wildman–Crippen MR) is 129 cm³/mol. The van der Waals surface area contributed by atoms with E-state index < -0.39 is 0 Å². The van der Waals surface area contributed by atoms with Gasteiger partial charge < -0.3 is 24.1 Å². The molecule has 0 radical (unpaired) electrons. The minimum Gasteiger partial charge on any atom is -0.462 e. The maximum Gasteiger partial charge on any atom is 0.338 e. The first-order valence-corrected chi connectivity index (χ1v) is 13.0. The zero-order valence-electron chi connectivity index (χ0n) is 19.4. The van der Waals surface area contributed by atoms with Gasteiger partial charge in [-0.15, -0.1) is 5.10 Å². The number of ether oxygens (including phenoxy) is 2.